The lowest BCUT2D eigenvalue weighted by Gasteiger charge is -2.22. The molecule has 3 heterocycles. The Hall–Kier alpha value is -1.96. The van der Waals surface area contributed by atoms with Gasteiger partial charge in [0.25, 0.3) is 0 Å². The molecule has 2 N–H and O–H groups in total. The van der Waals surface area contributed by atoms with Crippen molar-refractivity contribution < 1.29 is 18.8 Å². The van der Waals surface area contributed by atoms with E-state index in [1.54, 1.807) is 23.6 Å². The SMILES string of the molecule is Cc1ccsc1C=NNC(=O)c1ccc(C[NH+]2CCOCC2)o1. The van der Waals surface area contributed by atoms with Gasteiger partial charge in [0, 0.05) is 4.88 Å². The Kier molecular flexibility index (Phi) is 5.22. The van der Waals surface area contributed by atoms with Gasteiger partial charge in [0.2, 0.25) is 0 Å². The van der Waals surface area contributed by atoms with Crippen LogP contribution in [0.15, 0.2) is 33.1 Å². The van der Waals surface area contributed by atoms with E-state index >= 15 is 0 Å². The summed E-state index contributed by atoms with van der Waals surface area (Å²) in [5.74, 6) is 0.761. The fourth-order valence-electron chi connectivity index (χ4n) is 2.40. The topological polar surface area (TPSA) is 68.3 Å². The summed E-state index contributed by atoms with van der Waals surface area (Å²) in [7, 11) is 0. The molecule has 0 unspecified atom stereocenters. The lowest BCUT2D eigenvalue weighted by atomic mass is 10.3. The molecule has 2 aromatic heterocycles. The van der Waals surface area contributed by atoms with E-state index in [1.165, 1.54) is 4.90 Å². The molecule has 1 aliphatic rings. The second kappa shape index (κ2) is 7.54. The molecule has 0 bridgehead atoms. The Bertz CT molecular complexity index is 686. The van der Waals surface area contributed by atoms with Crippen LogP contribution >= 0.6 is 11.3 Å². The number of quaternary nitrogens is 1. The van der Waals surface area contributed by atoms with E-state index in [4.69, 9.17) is 9.15 Å². The van der Waals surface area contributed by atoms with Crippen LogP contribution < -0.4 is 10.3 Å². The maximum atomic E-state index is 12.0. The number of morpholine rings is 1. The van der Waals surface area contributed by atoms with Crippen molar-refractivity contribution in [3.63, 3.8) is 0 Å². The highest BCUT2D eigenvalue weighted by atomic mass is 32.1. The Balaban J connectivity index is 1.53. The van der Waals surface area contributed by atoms with Crippen LogP contribution in [-0.4, -0.2) is 38.4 Å². The average molecular weight is 334 g/mol. The predicted octanol–water partition coefficient (Wildman–Crippen LogP) is 0.829. The molecule has 6 nitrogen and oxygen atoms in total. The second-order valence-corrected chi connectivity index (χ2v) is 6.42. The van der Waals surface area contributed by atoms with Gasteiger partial charge in [0.05, 0.1) is 19.4 Å². The molecule has 1 fully saturated rings. The molecule has 122 valence electrons. The molecule has 3 rings (SSSR count). The molecule has 0 spiro atoms. The number of ether oxygens (including phenoxy) is 1. The highest BCUT2D eigenvalue weighted by molar-refractivity contribution is 7.11. The van der Waals surface area contributed by atoms with E-state index in [0.717, 1.165) is 49.0 Å². The lowest BCUT2D eigenvalue weighted by Crippen LogP contribution is -3.12. The normalized spacial score (nSPS) is 16.0. The van der Waals surface area contributed by atoms with Crippen molar-refractivity contribution >= 4 is 23.5 Å². The number of hydrogen-bond donors (Lipinski definition) is 2. The second-order valence-electron chi connectivity index (χ2n) is 5.47. The van der Waals surface area contributed by atoms with Crippen LogP contribution in [0, 0.1) is 6.92 Å². The van der Waals surface area contributed by atoms with E-state index < -0.39 is 0 Å². The van der Waals surface area contributed by atoms with E-state index in [2.05, 4.69) is 10.5 Å². The maximum Gasteiger partial charge on any atom is 0.307 e. The molecular weight excluding hydrogens is 314 g/mol. The zero-order chi connectivity index (χ0) is 16.1. The maximum absolute atomic E-state index is 12.0. The van der Waals surface area contributed by atoms with Crippen LogP contribution in [0.2, 0.25) is 0 Å². The van der Waals surface area contributed by atoms with Gasteiger partial charge in [0.1, 0.15) is 19.6 Å². The first-order valence-electron chi connectivity index (χ1n) is 7.60. The molecule has 0 radical (unpaired) electrons. The number of thiophene rings is 1. The fraction of sp³-hybridized carbons (Fsp3) is 0.375. The largest absolute Gasteiger partial charge is 0.450 e. The Morgan fingerprint density at radius 1 is 1.39 bits per heavy atom. The standard InChI is InChI=1S/C16H19N3O3S/c1-12-4-9-23-15(12)10-17-18-16(20)14-3-2-13(22-14)11-19-5-7-21-8-6-19/h2-4,9-10H,5-8,11H2,1H3,(H,18,20)/p+1. The number of hydrogen-bond acceptors (Lipinski definition) is 5. The van der Waals surface area contributed by atoms with Gasteiger partial charge in [0.15, 0.2) is 11.5 Å². The summed E-state index contributed by atoms with van der Waals surface area (Å²) < 4.78 is 10.9. The lowest BCUT2D eigenvalue weighted by molar-refractivity contribution is -0.922. The molecule has 0 atom stereocenters. The molecule has 0 aromatic carbocycles. The molecule has 0 saturated carbocycles. The van der Waals surface area contributed by atoms with Crippen molar-refractivity contribution in [2.75, 3.05) is 26.3 Å². The van der Waals surface area contributed by atoms with E-state index in [1.807, 2.05) is 24.4 Å². The third kappa shape index (κ3) is 4.28. The summed E-state index contributed by atoms with van der Waals surface area (Å²) in [4.78, 5) is 14.5. The monoisotopic (exact) mass is 334 g/mol. The third-order valence-corrected chi connectivity index (χ3v) is 4.71. The minimum Gasteiger partial charge on any atom is -0.450 e. The van der Waals surface area contributed by atoms with Gasteiger partial charge < -0.3 is 14.1 Å². The van der Waals surface area contributed by atoms with Crippen molar-refractivity contribution in [3.05, 3.63) is 45.5 Å². The Morgan fingerprint density at radius 3 is 2.96 bits per heavy atom. The van der Waals surface area contributed by atoms with Gasteiger partial charge in [-0.2, -0.15) is 5.10 Å². The van der Waals surface area contributed by atoms with E-state index in [0.29, 0.717) is 0 Å². The number of furan rings is 1. The highest BCUT2D eigenvalue weighted by Gasteiger charge is 2.17. The molecule has 7 heteroatoms. The Morgan fingerprint density at radius 2 is 2.22 bits per heavy atom. The van der Waals surface area contributed by atoms with Crippen LogP contribution in [0.1, 0.15) is 26.8 Å². The van der Waals surface area contributed by atoms with Crippen LogP contribution in [0.25, 0.3) is 0 Å². The van der Waals surface area contributed by atoms with Crippen molar-refractivity contribution in [2.24, 2.45) is 5.10 Å². The molecule has 0 aliphatic carbocycles. The van der Waals surface area contributed by atoms with E-state index in [9.17, 15) is 4.79 Å². The summed E-state index contributed by atoms with van der Waals surface area (Å²) in [5.41, 5.74) is 3.64. The minimum absolute atomic E-state index is 0.285. The molecule has 1 amide bonds. The van der Waals surface area contributed by atoms with Crippen molar-refractivity contribution in [2.45, 2.75) is 13.5 Å². The summed E-state index contributed by atoms with van der Waals surface area (Å²) in [5, 5.41) is 5.97. The summed E-state index contributed by atoms with van der Waals surface area (Å²) in [6, 6.07) is 5.56. The molecule has 1 saturated heterocycles. The number of carbonyl (C=O) groups is 1. The van der Waals surface area contributed by atoms with Crippen molar-refractivity contribution in [3.8, 4) is 0 Å². The Labute approximate surface area is 138 Å². The van der Waals surface area contributed by atoms with E-state index in [-0.39, 0.29) is 11.7 Å². The van der Waals surface area contributed by atoms with Gasteiger partial charge in [-0.15, -0.1) is 11.3 Å². The first kappa shape index (κ1) is 15.9. The van der Waals surface area contributed by atoms with Gasteiger partial charge in [-0.3, -0.25) is 4.79 Å². The number of nitrogens with one attached hydrogen (secondary N) is 2. The van der Waals surface area contributed by atoms with Crippen LogP contribution in [0.5, 0.6) is 0 Å². The predicted molar refractivity (Wildman–Crippen MR) is 88.0 cm³/mol. The molecule has 1 aliphatic heterocycles. The zero-order valence-electron chi connectivity index (χ0n) is 13.0. The first-order valence-corrected chi connectivity index (χ1v) is 8.48. The summed E-state index contributed by atoms with van der Waals surface area (Å²) >= 11 is 1.58. The van der Waals surface area contributed by atoms with Crippen LogP contribution in [0.3, 0.4) is 0 Å². The molecule has 23 heavy (non-hydrogen) atoms. The van der Waals surface area contributed by atoms with Crippen molar-refractivity contribution in [1.82, 2.24) is 5.43 Å². The number of aryl methyl sites for hydroxylation is 1. The van der Waals surface area contributed by atoms with Gasteiger partial charge in [-0.05, 0) is 36.1 Å². The quantitative estimate of drug-likeness (QED) is 0.629. The number of nitrogens with zero attached hydrogens (tertiary/aromatic N) is 1. The number of carbonyl (C=O) groups excluding carboxylic acids is 1. The summed E-state index contributed by atoms with van der Waals surface area (Å²) in [6.45, 7) is 6.26. The van der Waals surface area contributed by atoms with Crippen LogP contribution in [0.4, 0.5) is 0 Å². The molecular formula is C16H20N3O3S+. The highest BCUT2D eigenvalue weighted by Crippen LogP contribution is 2.12. The van der Waals surface area contributed by atoms with Crippen molar-refractivity contribution in [1.29, 1.82) is 0 Å². The average Bonchev–Trinajstić information content (AvgIpc) is 3.18. The number of amides is 1. The van der Waals surface area contributed by atoms with Gasteiger partial charge in [-0.1, -0.05) is 0 Å². The number of hydrazone groups is 1. The number of rotatable bonds is 5. The first-order chi connectivity index (χ1) is 11.2. The third-order valence-electron chi connectivity index (χ3n) is 3.76. The molecule has 2 aromatic rings. The smallest absolute Gasteiger partial charge is 0.307 e. The fourth-order valence-corrected chi connectivity index (χ4v) is 3.19. The minimum atomic E-state index is -0.335. The zero-order valence-corrected chi connectivity index (χ0v) is 13.8. The van der Waals surface area contributed by atoms with Gasteiger partial charge >= 0.3 is 5.91 Å². The van der Waals surface area contributed by atoms with Crippen LogP contribution in [-0.2, 0) is 11.3 Å². The summed E-state index contributed by atoms with van der Waals surface area (Å²) in [6.07, 6.45) is 1.65. The van der Waals surface area contributed by atoms with Gasteiger partial charge in [-0.25, -0.2) is 5.43 Å².